The van der Waals surface area contributed by atoms with Gasteiger partial charge in [0.15, 0.2) is 0 Å². The van der Waals surface area contributed by atoms with Crippen molar-refractivity contribution in [2.75, 3.05) is 33.7 Å². The summed E-state index contributed by atoms with van der Waals surface area (Å²) in [4.78, 5) is 24.2. The summed E-state index contributed by atoms with van der Waals surface area (Å²) >= 11 is 0. The molecule has 0 heterocycles. The summed E-state index contributed by atoms with van der Waals surface area (Å²) in [6, 6.07) is 0. The minimum absolute atomic E-state index is 0.0441. The number of hydrogen-bond donors (Lipinski definition) is 2. The zero-order chi connectivity index (χ0) is 14.2. The quantitative estimate of drug-likeness (QED) is 0.685. The predicted octanol–water partition coefficient (Wildman–Crippen LogP) is 0.579. The lowest BCUT2D eigenvalue weighted by atomic mass is 10.2. The monoisotopic (exact) mass is 259 g/mol. The van der Waals surface area contributed by atoms with E-state index in [2.05, 4.69) is 10.6 Å². The highest BCUT2D eigenvalue weighted by atomic mass is 16.6. The van der Waals surface area contributed by atoms with E-state index in [9.17, 15) is 9.59 Å². The lowest BCUT2D eigenvalue weighted by Crippen LogP contribution is -2.37. The van der Waals surface area contributed by atoms with Gasteiger partial charge in [0.25, 0.3) is 0 Å². The highest BCUT2D eigenvalue weighted by Gasteiger charge is 2.18. The number of carbonyl (C=O) groups is 2. The third-order valence-corrected chi connectivity index (χ3v) is 2.03. The second-order valence-electron chi connectivity index (χ2n) is 5.14. The van der Waals surface area contributed by atoms with Crippen molar-refractivity contribution in [2.45, 2.75) is 32.8 Å². The number of amides is 2. The van der Waals surface area contributed by atoms with E-state index in [1.807, 2.05) is 20.8 Å². The van der Waals surface area contributed by atoms with Gasteiger partial charge in [-0.15, -0.1) is 0 Å². The van der Waals surface area contributed by atoms with E-state index in [-0.39, 0.29) is 12.0 Å². The molecule has 6 nitrogen and oxygen atoms in total. The van der Waals surface area contributed by atoms with Crippen LogP contribution in [0.15, 0.2) is 0 Å². The van der Waals surface area contributed by atoms with Crippen molar-refractivity contribution < 1.29 is 14.3 Å². The van der Waals surface area contributed by atoms with Crippen molar-refractivity contribution in [3.8, 4) is 0 Å². The Hall–Kier alpha value is -1.30. The molecule has 0 aliphatic heterocycles. The van der Waals surface area contributed by atoms with Gasteiger partial charge in [-0.3, -0.25) is 4.79 Å². The lowest BCUT2D eigenvalue weighted by Gasteiger charge is -2.24. The van der Waals surface area contributed by atoms with Gasteiger partial charge in [0.05, 0.1) is 6.54 Å². The zero-order valence-electron chi connectivity index (χ0n) is 12.0. The Bertz CT molecular complexity index is 274. The molecule has 0 aromatic heterocycles. The normalized spacial score (nSPS) is 10.9. The number of likely N-dealkylation sites (N-methyl/N-ethyl adjacent to an activating group) is 1. The Labute approximate surface area is 109 Å². The van der Waals surface area contributed by atoms with Crippen molar-refractivity contribution in [1.82, 2.24) is 15.5 Å². The van der Waals surface area contributed by atoms with Crippen LogP contribution in [0.3, 0.4) is 0 Å². The highest BCUT2D eigenvalue weighted by molar-refractivity contribution is 5.77. The first-order valence-electron chi connectivity index (χ1n) is 6.11. The number of hydrogen-bond acceptors (Lipinski definition) is 4. The smallest absolute Gasteiger partial charge is 0.410 e. The largest absolute Gasteiger partial charge is 0.444 e. The Morgan fingerprint density at radius 3 is 2.39 bits per heavy atom. The average molecular weight is 259 g/mol. The molecule has 0 unspecified atom stereocenters. The molecule has 2 amide bonds. The van der Waals surface area contributed by atoms with Gasteiger partial charge < -0.3 is 20.3 Å². The third kappa shape index (κ3) is 8.81. The average Bonchev–Trinajstić information content (AvgIpc) is 2.22. The van der Waals surface area contributed by atoms with Gasteiger partial charge in [-0.1, -0.05) is 0 Å². The van der Waals surface area contributed by atoms with Gasteiger partial charge in [0, 0.05) is 20.1 Å². The summed E-state index contributed by atoms with van der Waals surface area (Å²) in [6.07, 6.45) is 0.356. The molecule has 0 aromatic carbocycles. The van der Waals surface area contributed by atoms with Crippen LogP contribution >= 0.6 is 0 Å². The molecule has 0 spiro atoms. The summed E-state index contributed by atoms with van der Waals surface area (Å²) in [5.41, 5.74) is -0.480. The first-order chi connectivity index (χ1) is 8.26. The standard InChI is InChI=1S/C12H25N3O3/c1-12(2,3)18-11(17)15(5)8-6-7-14-10(16)9-13-4/h13H,6-9H2,1-5H3,(H,14,16). The minimum Gasteiger partial charge on any atom is -0.444 e. The van der Waals surface area contributed by atoms with Gasteiger partial charge in [0.1, 0.15) is 5.60 Å². The van der Waals surface area contributed by atoms with Gasteiger partial charge in [0.2, 0.25) is 5.91 Å². The Morgan fingerprint density at radius 1 is 1.28 bits per heavy atom. The molecule has 0 atom stereocenters. The molecule has 0 rings (SSSR count). The molecule has 0 saturated carbocycles. The first kappa shape index (κ1) is 16.7. The summed E-state index contributed by atoms with van der Waals surface area (Å²) in [5.74, 6) is -0.0441. The predicted molar refractivity (Wildman–Crippen MR) is 70.4 cm³/mol. The van der Waals surface area contributed by atoms with Crippen LogP contribution in [0.2, 0.25) is 0 Å². The van der Waals surface area contributed by atoms with Crippen molar-refractivity contribution in [3.63, 3.8) is 0 Å². The molecule has 0 aliphatic rings. The highest BCUT2D eigenvalue weighted by Crippen LogP contribution is 2.08. The molecule has 0 saturated heterocycles. The number of nitrogens with one attached hydrogen (secondary N) is 2. The maximum atomic E-state index is 11.6. The molecule has 106 valence electrons. The van der Waals surface area contributed by atoms with E-state index < -0.39 is 5.60 Å². The van der Waals surface area contributed by atoms with E-state index in [0.29, 0.717) is 26.1 Å². The minimum atomic E-state index is -0.480. The maximum absolute atomic E-state index is 11.6. The van der Waals surface area contributed by atoms with Crippen LogP contribution in [0, 0.1) is 0 Å². The molecule has 18 heavy (non-hydrogen) atoms. The first-order valence-corrected chi connectivity index (χ1v) is 6.11. The molecular formula is C12H25N3O3. The fraction of sp³-hybridized carbons (Fsp3) is 0.833. The topological polar surface area (TPSA) is 70.7 Å². The van der Waals surface area contributed by atoms with Crippen LogP contribution < -0.4 is 10.6 Å². The second-order valence-corrected chi connectivity index (χ2v) is 5.14. The fourth-order valence-electron chi connectivity index (χ4n) is 1.20. The number of ether oxygens (including phenoxy) is 1. The van der Waals surface area contributed by atoms with E-state index >= 15 is 0 Å². The van der Waals surface area contributed by atoms with Crippen LogP contribution in [-0.2, 0) is 9.53 Å². The summed E-state index contributed by atoms with van der Waals surface area (Å²) in [6.45, 7) is 6.90. The lowest BCUT2D eigenvalue weighted by molar-refractivity contribution is -0.120. The number of nitrogens with zero attached hydrogens (tertiary/aromatic N) is 1. The van der Waals surface area contributed by atoms with Crippen LogP contribution in [-0.4, -0.2) is 56.2 Å². The Balaban J connectivity index is 3.74. The number of carbonyl (C=O) groups excluding carboxylic acids is 2. The van der Waals surface area contributed by atoms with Crippen LogP contribution in [0.4, 0.5) is 4.79 Å². The van der Waals surface area contributed by atoms with Crippen molar-refractivity contribution in [3.05, 3.63) is 0 Å². The summed E-state index contributed by atoms with van der Waals surface area (Å²) < 4.78 is 5.21. The van der Waals surface area contributed by atoms with Crippen molar-refractivity contribution >= 4 is 12.0 Å². The van der Waals surface area contributed by atoms with Gasteiger partial charge in [-0.25, -0.2) is 4.79 Å². The molecule has 0 bridgehead atoms. The molecule has 0 radical (unpaired) electrons. The summed E-state index contributed by atoms with van der Waals surface area (Å²) in [5, 5.41) is 5.51. The van der Waals surface area contributed by atoms with Gasteiger partial charge >= 0.3 is 6.09 Å². The molecule has 0 aliphatic carbocycles. The van der Waals surface area contributed by atoms with Crippen LogP contribution in [0.1, 0.15) is 27.2 Å². The summed E-state index contributed by atoms with van der Waals surface area (Å²) in [7, 11) is 3.40. The van der Waals surface area contributed by atoms with Crippen molar-refractivity contribution in [1.29, 1.82) is 0 Å². The molecule has 2 N–H and O–H groups in total. The van der Waals surface area contributed by atoms with Crippen LogP contribution in [0.25, 0.3) is 0 Å². The molecule has 0 fully saturated rings. The Kier molecular flexibility index (Phi) is 7.35. The maximum Gasteiger partial charge on any atom is 0.410 e. The van der Waals surface area contributed by atoms with E-state index in [0.717, 1.165) is 0 Å². The zero-order valence-corrected chi connectivity index (χ0v) is 12.0. The van der Waals surface area contributed by atoms with Crippen LogP contribution in [0.5, 0.6) is 0 Å². The SMILES string of the molecule is CNCC(=O)NCCCN(C)C(=O)OC(C)(C)C. The molecule has 0 aromatic rings. The van der Waals surface area contributed by atoms with Gasteiger partial charge in [-0.05, 0) is 34.2 Å². The van der Waals surface area contributed by atoms with E-state index in [1.165, 1.54) is 4.90 Å². The molecular weight excluding hydrogens is 234 g/mol. The van der Waals surface area contributed by atoms with Crippen molar-refractivity contribution in [2.24, 2.45) is 0 Å². The second kappa shape index (κ2) is 7.92. The molecule has 6 heteroatoms. The third-order valence-electron chi connectivity index (χ3n) is 2.03. The number of rotatable bonds is 6. The Morgan fingerprint density at radius 2 is 1.89 bits per heavy atom. The fourth-order valence-corrected chi connectivity index (χ4v) is 1.20. The van der Waals surface area contributed by atoms with E-state index in [4.69, 9.17) is 4.74 Å². The van der Waals surface area contributed by atoms with E-state index in [1.54, 1.807) is 14.1 Å². The van der Waals surface area contributed by atoms with Gasteiger partial charge in [-0.2, -0.15) is 0 Å².